The van der Waals surface area contributed by atoms with E-state index >= 15 is 0 Å². The highest BCUT2D eigenvalue weighted by Crippen LogP contribution is 2.24. The zero-order chi connectivity index (χ0) is 17.6. The molecule has 1 aliphatic heterocycles. The van der Waals surface area contributed by atoms with Crippen molar-refractivity contribution in [2.75, 3.05) is 33.9 Å². The number of hydrogen-bond acceptors (Lipinski definition) is 7. The maximum absolute atomic E-state index is 10.3. The molecule has 1 aromatic heterocycles. The number of aromatic nitrogens is 2. The van der Waals surface area contributed by atoms with Crippen LogP contribution >= 0.6 is 0 Å². The quantitative estimate of drug-likeness (QED) is 0.810. The van der Waals surface area contributed by atoms with Crippen molar-refractivity contribution in [2.24, 2.45) is 0 Å². The zero-order valence-electron chi connectivity index (χ0n) is 14.5. The predicted molar refractivity (Wildman–Crippen MR) is 92.1 cm³/mol. The number of aliphatic hydroxyl groups is 1. The summed E-state index contributed by atoms with van der Waals surface area (Å²) in [6.07, 6.45) is 1.77. The van der Waals surface area contributed by atoms with Crippen LogP contribution in [0.15, 0.2) is 30.6 Å². The van der Waals surface area contributed by atoms with Gasteiger partial charge in [0.15, 0.2) is 0 Å². The lowest BCUT2D eigenvalue weighted by molar-refractivity contribution is 0.0630. The lowest BCUT2D eigenvalue weighted by atomic mass is 10.1. The van der Waals surface area contributed by atoms with Gasteiger partial charge in [-0.05, 0) is 24.3 Å². The first-order valence-corrected chi connectivity index (χ1v) is 8.23. The van der Waals surface area contributed by atoms with Gasteiger partial charge in [-0.15, -0.1) is 0 Å². The van der Waals surface area contributed by atoms with Gasteiger partial charge < -0.3 is 19.3 Å². The van der Waals surface area contributed by atoms with Gasteiger partial charge in [0.2, 0.25) is 5.88 Å². The summed E-state index contributed by atoms with van der Waals surface area (Å²) < 4.78 is 16.1. The van der Waals surface area contributed by atoms with Gasteiger partial charge in [-0.2, -0.15) is 0 Å². The highest BCUT2D eigenvalue weighted by Gasteiger charge is 2.23. The van der Waals surface area contributed by atoms with Crippen LogP contribution in [0.25, 0.3) is 0 Å². The van der Waals surface area contributed by atoms with Crippen molar-refractivity contribution in [2.45, 2.75) is 19.1 Å². The minimum atomic E-state index is -0.584. The molecule has 1 N–H and O–H groups in total. The Morgan fingerprint density at radius 1 is 1.12 bits per heavy atom. The van der Waals surface area contributed by atoms with Crippen LogP contribution in [0.4, 0.5) is 0 Å². The van der Waals surface area contributed by atoms with E-state index < -0.39 is 6.10 Å². The molecule has 1 atom stereocenters. The van der Waals surface area contributed by atoms with Crippen molar-refractivity contribution in [3.63, 3.8) is 0 Å². The molecular formula is C18H23N3O4. The highest BCUT2D eigenvalue weighted by atomic mass is 16.5. The fourth-order valence-electron chi connectivity index (χ4n) is 2.92. The topological polar surface area (TPSA) is 76.9 Å². The number of methoxy groups -OCH3 is 2. The summed E-state index contributed by atoms with van der Waals surface area (Å²) in [7, 11) is 3.23. The first-order chi connectivity index (χ1) is 12.2. The van der Waals surface area contributed by atoms with E-state index in [2.05, 4.69) is 14.9 Å². The van der Waals surface area contributed by atoms with Gasteiger partial charge in [0.1, 0.15) is 30.5 Å². The third-order valence-corrected chi connectivity index (χ3v) is 4.21. The molecular weight excluding hydrogens is 322 g/mol. The SMILES string of the molecule is COc1ccc(OC[C@@H](O)CN2CCc3ncnc(OC)c3C2)cc1. The number of ether oxygens (including phenoxy) is 3. The molecule has 0 amide bonds. The molecule has 0 fully saturated rings. The van der Waals surface area contributed by atoms with E-state index in [-0.39, 0.29) is 6.61 Å². The summed E-state index contributed by atoms with van der Waals surface area (Å²) >= 11 is 0. The number of benzene rings is 1. The molecule has 134 valence electrons. The molecule has 0 saturated carbocycles. The monoisotopic (exact) mass is 345 g/mol. The Labute approximate surface area is 147 Å². The van der Waals surface area contributed by atoms with E-state index in [1.807, 2.05) is 24.3 Å². The molecule has 0 radical (unpaired) electrons. The van der Waals surface area contributed by atoms with Crippen LogP contribution in [0.2, 0.25) is 0 Å². The number of fused-ring (bicyclic) bond motifs is 1. The third-order valence-electron chi connectivity index (χ3n) is 4.21. The Kier molecular flexibility index (Phi) is 5.67. The Morgan fingerprint density at radius 2 is 1.88 bits per heavy atom. The van der Waals surface area contributed by atoms with Gasteiger partial charge in [0.25, 0.3) is 0 Å². The van der Waals surface area contributed by atoms with Gasteiger partial charge >= 0.3 is 0 Å². The fourth-order valence-corrected chi connectivity index (χ4v) is 2.92. The van der Waals surface area contributed by atoms with Crippen LogP contribution < -0.4 is 14.2 Å². The largest absolute Gasteiger partial charge is 0.497 e. The molecule has 2 heterocycles. The van der Waals surface area contributed by atoms with Crippen LogP contribution in [0, 0.1) is 0 Å². The Morgan fingerprint density at radius 3 is 2.60 bits per heavy atom. The van der Waals surface area contributed by atoms with Crippen LogP contribution in [0.5, 0.6) is 17.4 Å². The number of rotatable bonds is 7. The maximum Gasteiger partial charge on any atom is 0.220 e. The van der Waals surface area contributed by atoms with Crippen LogP contribution in [0.3, 0.4) is 0 Å². The van der Waals surface area contributed by atoms with Crippen LogP contribution in [0.1, 0.15) is 11.3 Å². The Hall–Kier alpha value is -2.38. The standard InChI is InChI=1S/C18H23N3O4/c1-23-14-3-5-15(6-4-14)25-11-13(22)9-21-8-7-17-16(10-21)18(24-2)20-12-19-17/h3-6,12-13,22H,7-11H2,1-2H3/t13-/m0/s1. The van der Waals surface area contributed by atoms with Gasteiger partial charge in [-0.3, -0.25) is 4.90 Å². The smallest absolute Gasteiger partial charge is 0.220 e. The van der Waals surface area contributed by atoms with Gasteiger partial charge in [0.05, 0.1) is 19.9 Å². The average Bonchev–Trinajstić information content (AvgIpc) is 2.66. The molecule has 0 aliphatic carbocycles. The average molecular weight is 345 g/mol. The van der Waals surface area contributed by atoms with E-state index in [4.69, 9.17) is 14.2 Å². The number of β-amino-alcohol motifs (C(OH)–C–C–N with tert-alkyl or cyclic N) is 1. The predicted octanol–water partition coefficient (Wildman–Crippen LogP) is 1.29. The second-order valence-corrected chi connectivity index (χ2v) is 5.93. The second-order valence-electron chi connectivity index (χ2n) is 5.93. The second kappa shape index (κ2) is 8.13. The Bertz CT molecular complexity index is 679. The molecule has 7 nitrogen and oxygen atoms in total. The molecule has 2 aromatic rings. The summed E-state index contributed by atoms with van der Waals surface area (Å²) in [6.45, 7) is 2.26. The van der Waals surface area contributed by atoms with Gasteiger partial charge in [-0.25, -0.2) is 9.97 Å². The third kappa shape index (κ3) is 4.37. The summed E-state index contributed by atoms with van der Waals surface area (Å²) in [5.74, 6) is 2.09. The molecule has 1 aliphatic rings. The summed E-state index contributed by atoms with van der Waals surface area (Å²) in [5, 5.41) is 10.3. The van der Waals surface area contributed by atoms with Gasteiger partial charge in [0, 0.05) is 31.6 Å². The molecule has 3 rings (SSSR count). The minimum Gasteiger partial charge on any atom is -0.497 e. The molecule has 7 heteroatoms. The van der Waals surface area contributed by atoms with Crippen molar-refractivity contribution in [3.05, 3.63) is 41.9 Å². The van der Waals surface area contributed by atoms with E-state index in [9.17, 15) is 5.11 Å². The van der Waals surface area contributed by atoms with Crippen molar-refractivity contribution < 1.29 is 19.3 Å². The van der Waals surface area contributed by atoms with Crippen molar-refractivity contribution >= 4 is 0 Å². The maximum atomic E-state index is 10.3. The van der Waals surface area contributed by atoms with E-state index in [1.165, 1.54) is 6.33 Å². The molecule has 0 saturated heterocycles. The molecule has 0 bridgehead atoms. The first-order valence-electron chi connectivity index (χ1n) is 8.23. The Balaban J connectivity index is 1.52. The zero-order valence-corrected chi connectivity index (χ0v) is 14.5. The molecule has 25 heavy (non-hydrogen) atoms. The van der Waals surface area contributed by atoms with E-state index in [1.54, 1.807) is 14.2 Å². The van der Waals surface area contributed by atoms with Crippen molar-refractivity contribution in [3.8, 4) is 17.4 Å². The first kappa shape index (κ1) is 17.4. The molecule has 0 unspecified atom stereocenters. The summed E-state index contributed by atoms with van der Waals surface area (Å²) in [5.41, 5.74) is 2.02. The van der Waals surface area contributed by atoms with Crippen LogP contribution in [-0.4, -0.2) is 60.0 Å². The highest BCUT2D eigenvalue weighted by molar-refractivity contribution is 5.32. The van der Waals surface area contributed by atoms with E-state index in [0.717, 1.165) is 30.0 Å². The molecule has 1 aromatic carbocycles. The number of hydrogen-bond donors (Lipinski definition) is 1. The van der Waals surface area contributed by atoms with Crippen molar-refractivity contribution in [1.82, 2.24) is 14.9 Å². The normalized spacial score (nSPS) is 15.3. The van der Waals surface area contributed by atoms with Gasteiger partial charge in [-0.1, -0.05) is 0 Å². The number of nitrogens with zero attached hydrogens (tertiary/aromatic N) is 3. The summed E-state index contributed by atoms with van der Waals surface area (Å²) in [6, 6.07) is 7.31. The lowest BCUT2D eigenvalue weighted by Gasteiger charge is -2.30. The van der Waals surface area contributed by atoms with Crippen LogP contribution in [-0.2, 0) is 13.0 Å². The number of aliphatic hydroxyl groups excluding tert-OH is 1. The van der Waals surface area contributed by atoms with Crippen molar-refractivity contribution in [1.29, 1.82) is 0 Å². The fraction of sp³-hybridized carbons (Fsp3) is 0.444. The lowest BCUT2D eigenvalue weighted by Crippen LogP contribution is -2.39. The summed E-state index contributed by atoms with van der Waals surface area (Å²) in [4.78, 5) is 10.6. The molecule has 0 spiro atoms. The van der Waals surface area contributed by atoms with E-state index in [0.29, 0.717) is 24.7 Å². The minimum absolute atomic E-state index is 0.234.